The van der Waals surface area contributed by atoms with Crippen LogP contribution in [0.5, 0.6) is 0 Å². The minimum atomic E-state index is 0.754. The van der Waals surface area contributed by atoms with E-state index in [-0.39, 0.29) is 0 Å². The molecule has 0 spiro atoms. The molecule has 1 N–H and O–H groups in total. The molecular weight excluding hydrogens is 206 g/mol. The number of allylic oxidation sites excluding steroid dienone is 3. The van der Waals surface area contributed by atoms with Crippen molar-refractivity contribution in [1.29, 1.82) is 0 Å². The molecule has 0 fully saturated rings. The largest absolute Gasteiger partial charge is 0.316 e. The molecule has 0 aromatic carbocycles. The van der Waals surface area contributed by atoms with Gasteiger partial charge in [0, 0.05) is 0 Å². The van der Waals surface area contributed by atoms with E-state index in [0.29, 0.717) is 0 Å². The Bertz CT molecular complexity index is 261. The van der Waals surface area contributed by atoms with Crippen molar-refractivity contribution in [1.82, 2.24) is 5.32 Å². The fourth-order valence-electron chi connectivity index (χ4n) is 2.29. The summed E-state index contributed by atoms with van der Waals surface area (Å²) in [6.07, 6.45) is 12.8. The SMILES string of the molecule is C/C(=C/CCNCC(C)C)C1=CCCCCC1. The fourth-order valence-corrected chi connectivity index (χ4v) is 2.29. The Labute approximate surface area is 107 Å². The van der Waals surface area contributed by atoms with E-state index >= 15 is 0 Å². The second kappa shape index (κ2) is 8.52. The Hall–Kier alpha value is -0.560. The Balaban J connectivity index is 2.25. The number of hydrogen-bond acceptors (Lipinski definition) is 1. The Kier molecular flexibility index (Phi) is 7.27. The fraction of sp³-hybridized carbons (Fsp3) is 0.750. The standard InChI is InChI=1S/C16H29N/c1-14(2)13-17-12-8-9-15(3)16-10-6-4-5-7-11-16/h9-10,14,17H,4-8,11-13H2,1-3H3/b15-9-. The van der Waals surface area contributed by atoms with Crippen molar-refractivity contribution in [2.45, 2.75) is 59.3 Å². The summed E-state index contributed by atoms with van der Waals surface area (Å²) < 4.78 is 0. The smallest absolute Gasteiger partial charge is 0.00139 e. The first-order valence-corrected chi connectivity index (χ1v) is 7.27. The first-order valence-electron chi connectivity index (χ1n) is 7.27. The molecule has 0 amide bonds. The molecule has 98 valence electrons. The number of nitrogens with one attached hydrogen (secondary N) is 1. The van der Waals surface area contributed by atoms with E-state index in [1.54, 1.807) is 5.57 Å². The molecule has 0 aliphatic heterocycles. The van der Waals surface area contributed by atoms with Gasteiger partial charge in [0.25, 0.3) is 0 Å². The summed E-state index contributed by atoms with van der Waals surface area (Å²) in [5.41, 5.74) is 3.12. The highest BCUT2D eigenvalue weighted by Crippen LogP contribution is 2.23. The Morgan fingerprint density at radius 2 is 2.18 bits per heavy atom. The van der Waals surface area contributed by atoms with Crippen LogP contribution in [-0.2, 0) is 0 Å². The molecular formula is C16H29N. The summed E-state index contributed by atoms with van der Waals surface area (Å²) in [6, 6.07) is 0. The van der Waals surface area contributed by atoms with Gasteiger partial charge in [-0.15, -0.1) is 0 Å². The molecule has 0 heterocycles. The van der Waals surface area contributed by atoms with E-state index in [2.05, 4.69) is 38.2 Å². The summed E-state index contributed by atoms with van der Waals surface area (Å²) >= 11 is 0. The maximum Gasteiger partial charge on any atom is -0.00139 e. The molecule has 1 rings (SSSR count). The molecule has 0 bridgehead atoms. The van der Waals surface area contributed by atoms with Gasteiger partial charge in [0.1, 0.15) is 0 Å². The average molecular weight is 235 g/mol. The van der Waals surface area contributed by atoms with Crippen LogP contribution in [0.1, 0.15) is 59.3 Å². The van der Waals surface area contributed by atoms with Crippen molar-refractivity contribution >= 4 is 0 Å². The number of rotatable bonds is 6. The maximum absolute atomic E-state index is 3.49. The van der Waals surface area contributed by atoms with Gasteiger partial charge in [0.05, 0.1) is 0 Å². The maximum atomic E-state index is 3.49. The molecule has 0 aromatic rings. The van der Waals surface area contributed by atoms with Crippen LogP contribution < -0.4 is 5.32 Å². The van der Waals surface area contributed by atoms with Gasteiger partial charge in [-0.2, -0.15) is 0 Å². The minimum Gasteiger partial charge on any atom is -0.316 e. The normalized spacial score (nSPS) is 18.1. The highest BCUT2D eigenvalue weighted by Gasteiger charge is 2.03. The number of hydrogen-bond donors (Lipinski definition) is 1. The molecule has 0 atom stereocenters. The molecule has 1 heteroatoms. The van der Waals surface area contributed by atoms with Crippen molar-refractivity contribution in [3.8, 4) is 0 Å². The molecule has 0 saturated heterocycles. The Morgan fingerprint density at radius 3 is 2.94 bits per heavy atom. The van der Waals surface area contributed by atoms with E-state index in [1.807, 2.05) is 0 Å². The molecule has 1 aliphatic carbocycles. The summed E-state index contributed by atoms with van der Waals surface area (Å²) in [6.45, 7) is 9.03. The lowest BCUT2D eigenvalue weighted by atomic mass is 10.0. The van der Waals surface area contributed by atoms with E-state index in [9.17, 15) is 0 Å². The third-order valence-corrected chi connectivity index (χ3v) is 3.37. The molecule has 0 radical (unpaired) electrons. The van der Waals surface area contributed by atoms with E-state index in [0.717, 1.165) is 25.4 Å². The lowest BCUT2D eigenvalue weighted by Gasteiger charge is -2.08. The highest BCUT2D eigenvalue weighted by molar-refractivity contribution is 5.29. The van der Waals surface area contributed by atoms with Crippen LogP contribution in [0, 0.1) is 5.92 Å². The van der Waals surface area contributed by atoms with Crippen LogP contribution in [0.3, 0.4) is 0 Å². The van der Waals surface area contributed by atoms with E-state index in [4.69, 9.17) is 0 Å². The van der Waals surface area contributed by atoms with Crippen LogP contribution in [0.4, 0.5) is 0 Å². The van der Waals surface area contributed by atoms with Gasteiger partial charge in [-0.3, -0.25) is 0 Å². The first-order chi connectivity index (χ1) is 8.20. The summed E-state index contributed by atoms with van der Waals surface area (Å²) in [7, 11) is 0. The quantitative estimate of drug-likeness (QED) is 0.670. The van der Waals surface area contributed by atoms with Crippen molar-refractivity contribution < 1.29 is 0 Å². The Morgan fingerprint density at radius 1 is 1.35 bits per heavy atom. The van der Waals surface area contributed by atoms with Crippen LogP contribution >= 0.6 is 0 Å². The van der Waals surface area contributed by atoms with Crippen molar-refractivity contribution in [2.75, 3.05) is 13.1 Å². The van der Waals surface area contributed by atoms with Gasteiger partial charge >= 0.3 is 0 Å². The zero-order valence-electron chi connectivity index (χ0n) is 11.9. The summed E-state index contributed by atoms with van der Waals surface area (Å²) in [4.78, 5) is 0. The van der Waals surface area contributed by atoms with Gasteiger partial charge in [0.15, 0.2) is 0 Å². The van der Waals surface area contributed by atoms with Gasteiger partial charge in [-0.05, 0) is 63.6 Å². The molecule has 0 aromatic heterocycles. The molecule has 17 heavy (non-hydrogen) atoms. The summed E-state index contributed by atoms with van der Waals surface area (Å²) in [5, 5.41) is 3.49. The molecule has 1 nitrogen and oxygen atoms in total. The van der Waals surface area contributed by atoms with Crippen molar-refractivity contribution in [3.63, 3.8) is 0 Å². The second-order valence-electron chi connectivity index (χ2n) is 5.60. The van der Waals surface area contributed by atoms with Crippen LogP contribution in [0.15, 0.2) is 23.3 Å². The van der Waals surface area contributed by atoms with Gasteiger partial charge in [-0.25, -0.2) is 0 Å². The van der Waals surface area contributed by atoms with Gasteiger partial charge in [-0.1, -0.05) is 38.0 Å². The predicted molar refractivity (Wildman–Crippen MR) is 77.2 cm³/mol. The zero-order valence-corrected chi connectivity index (χ0v) is 11.9. The minimum absolute atomic E-state index is 0.754. The lowest BCUT2D eigenvalue weighted by Crippen LogP contribution is -2.20. The van der Waals surface area contributed by atoms with Crippen molar-refractivity contribution in [3.05, 3.63) is 23.3 Å². The third kappa shape index (κ3) is 6.68. The van der Waals surface area contributed by atoms with E-state index < -0.39 is 0 Å². The van der Waals surface area contributed by atoms with Crippen LogP contribution in [0.25, 0.3) is 0 Å². The summed E-state index contributed by atoms with van der Waals surface area (Å²) in [5.74, 6) is 0.754. The predicted octanol–water partition coefficient (Wildman–Crippen LogP) is 4.46. The van der Waals surface area contributed by atoms with Crippen molar-refractivity contribution in [2.24, 2.45) is 5.92 Å². The van der Waals surface area contributed by atoms with Crippen LogP contribution in [0.2, 0.25) is 0 Å². The van der Waals surface area contributed by atoms with Crippen LogP contribution in [-0.4, -0.2) is 13.1 Å². The highest BCUT2D eigenvalue weighted by atomic mass is 14.8. The molecule has 0 saturated carbocycles. The lowest BCUT2D eigenvalue weighted by molar-refractivity contribution is 0.556. The first kappa shape index (κ1) is 14.5. The van der Waals surface area contributed by atoms with Gasteiger partial charge in [0.2, 0.25) is 0 Å². The topological polar surface area (TPSA) is 12.0 Å². The molecule has 0 unspecified atom stereocenters. The molecule has 1 aliphatic rings. The average Bonchev–Trinajstić information content (AvgIpc) is 2.56. The van der Waals surface area contributed by atoms with Gasteiger partial charge < -0.3 is 5.32 Å². The monoisotopic (exact) mass is 235 g/mol. The second-order valence-corrected chi connectivity index (χ2v) is 5.60. The van der Waals surface area contributed by atoms with E-state index in [1.165, 1.54) is 37.7 Å². The zero-order chi connectivity index (χ0) is 12.5. The third-order valence-electron chi connectivity index (χ3n) is 3.37.